The van der Waals surface area contributed by atoms with Crippen LogP contribution >= 0.6 is 15.9 Å². The predicted molar refractivity (Wildman–Crippen MR) is 87.8 cm³/mol. The number of nitrogens with one attached hydrogen (secondary N) is 1. The lowest BCUT2D eigenvalue weighted by molar-refractivity contribution is 0.599. The average molecular weight is 337 g/mol. The molecule has 2 rings (SSSR count). The molecule has 20 heavy (non-hydrogen) atoms. The minimum absolute atomic E-state index is 0.168. The van der Waals surface area contributed by atoms with Gasteiger partial charge in [0.1, 0.15) is 5.82 Å². The zero-order chi connectivity index (χ0) is 14.7. The highest BCUT2D eigenvalue weighted by Crippen LogP contribution is 2.28. The monoisotopic (exact) mass is 336 g/mol. The highest BCUT2D eigenvalue weighted by atomic mass is 79.9. The molecule has 0 amide bonds. The first-order chi connectivity index (χ1) is 9.52. The molecule has 0 radical (unpaired) electrons. The second-order valence-electron chi connectivity index (χ2n) is 4.99. The molecule has 108 valence electrons. The van der Waals surface area contributed by atoms with Gasteiger partial charge in [0.25, 0.3) is 0 Å². The average Bonchev–Trinajstić information content (AvgIpc) is 2.67. The lowest BCUT2D eigenvalue weighted by Crippen LogP contribution is -2.13. The fraction of sp³-hybridized carbons (Fsp3) is 0.400. The number of aromatic nitrogens is 2. The second kappa shape index (κ2) is 6.31. The maximum Gasteiger partial charge on any atom is 0.148 e. The molecule has 0 saturated heterocycles. The summed E-state index contributed by atoms with van der Waals surface area (Å²) in [6.45, 7) is 7.07. The number of nitrogen functional groups attached to an aromatic ring is 1. The van der Waals surface area contributed by atoms with E-state index in [9.17, 15) is 0 Å². The number of anilines is 2. The van der Waals surface area contributed by atoms with Crippen molar-refractivity contribution in [2.75, 3.05) is 11.1 Å². The number of benzene rings is 1. The molecule has 2 aromatic rings. The Morgan fingerprint density at radius 1 is 1.45 bits per heavy atom. The van der Waals surface area contributed by atoms with E-state index >= 15 is 0 Å². The van der Waals surface area contributed by atoms with Crippen LogP contribution in [0, 0.1) is 6.92 Å². The van der Waals surface area contributed by atoms with E-state index in [0.717, 1.165) is 34.6 Å². The van der Waals surface area contributed by atoms with E-state index in [0.29, 0.717) is 0 Å². The maximum absolute atomic E-state index is 6.13. The summed E-state index contributed by atoms with van der Waals surface area (Å²) in [4.78, 5) is 0. The molecular formula is C15H21BrN4. The fourth-order valence-electron chi connectivity index (χ4n) is 2.19. The number of rotatable bonds is 5. The van der Waals surface area contributed by atoms with Gasteiger partial charge in [0.2, 0.25) is 0 Å². The summed E-state index contributed by atoms with van der Waals surface area (Å²) in [6.07, 6.45) is 1.03. The van der Waals surface area contributed by atoms with E-state index in [-0.39, 0.29) is 6.04 Å². The van der Waals surface area contributed by atoms with E-state index in [4.69, 9.17) is 5.73 Å². The normalized spacial score (nSPS) is 12.4. The molecule has 1 unspecified atom stereocenters. The van der Waals surface area contributed by atoms with E-state index in [1.165, 1.54) is 5.56 Å². The molecule has 0 fully saturated rings. The van der Waals surface area contributed by atoms with Crippen LogP contribution in [-0.2, 0) is 6.54 Å². The molecule has 1 atom stereocenters. The van der Waals surface area contributed by atoms with Gasteiger partial charge in [-0.15, -0.1) is 0 Å². The Morgan fingerprint density at radius 2 is 2.20 bits per heavy atom. The first-order valence-corrected chi connectivity index (χ1v) is 7.67. The quantitative estimate of drug-likeness (QED) is 0.863. The van der Waals surface area contributed by atoms with Crippen molar-refractivity contribution < 1.29 is 0 Å². The largest absolute Gasteiger partial charge is 0.394 e. The molecule has 0 spiro atoms. The van der Waals surface area contributed by atoms with Crippen molar-refractivity contribution in [3.63, 3.8) is 0 Å². The van der Waals surface area contributed by atoms with Crippen LogP contribution in [0.15, 0.2) is 28.7 Å². The number of hydrogen-bond acceptors (Lipinski definition) is 3. The standard InChI is InChI=1S/C15H21BrN4/c1-4-8-20-15(14(17)11(3)19-20)18-10(2)12-6-5-7-13(16)9-12/h5-7,9-10,18H,4,8,17H2,1-3H3. The number of nitrogens with zero attached hydrogens (tertiary/aromatic N) is 2. The van der Waals surface area contributed by atoms with Crippen molar-refractivity contribution in [3.8, 4) is 0 Å². The first kappa shape index (κ1) is 14.9. The predicted octanol–water partition coefficient (Wildman–Crippen LogP) is 4.12. The van der Waals surface area contributed by atoms with Crippen LogP contribution < -0.4 is 11.1 Å². The van der Waals surface area contributed by atoms with E-state index in [2.05, 4.69) is 52.3 Å². The van der Waals surface area contributed by atoms with Crippen LogP contribution in [0.3, 0.4) is 0 Å². The lowest BCUT2D eigenvalue weighted by Gasteiger charge is -2.17. The summed E-state index contributed by atoms with van der Waals surface area (Å²) >= 11 is 3.50. The smallest absolute Gasteiger partial charge is 0.148 e. The summed E-state index contributed by atoms with van der Waals surface area (Å²) in [5.41, 5.74) is 8.96. The van der Waals surface area contributed by atoms with Gasteiger partial charge in [0.05, 0.1) is 17.4 Å². The molecule has 0 aliphatic rings. The third-order valence-electron chi connectivity index (χ3n) is 3.31. The lowest BCUT2D eigenvalue weighted by atomic mass is 10.1. The molecule has 0 aliphatic carbocycles. The van der Waals surface area contributed by atoms with Crippen molar-refractivity contribution in [3.05, 3.63) is 40.0 Å². The van der Waals surface area contributed by atoms with Crippen LogP contribution in [0.5, 0.6) is 0 Å². The Balaban J connectivity index is 2.25. The Labute approximate surface area is 128 Å². The summed E-state index contributed by atoms with van der Waals surface area (Å²) in [7, 11) is 0. The number of nitrogens with two attached hydrogens (primary N) is 1. The Bertz CT molecular complexity index is 592. The Morgan fingerprint density at radius 3 is 2.85 bits per heavy atom. The summed E-state index contributed by atoms with van der Waals surface area (Å²) < 4.78 is 3.04. The third kappa shape index (κ3) is 3.15. The SMILES string of the molecule is CCCn1nc(C)c(N)c1NC(C)c1cccc(Br)c1. The Hall–Kier alpha value is -1.49. The maximum atomic E-state index is 6.13. The van der Waals surface area contributed by atoms with Crippen molar-refractivity contribution in [2.24, 2.45) is 0 Å². The van der Waals surface area contributed by atoms with Crippen LogP contribution in [0.1, 0.15) is 37.6 Å². The van der Waals surface area contributed by atoms with Gasteiger partial charge in [0, 0.05) is 11.0 Å². The van der Waals surface area contributed by atoms with Crippen molar-refractivity contribution in [1.29, 1.82) is 0 Å². The molecule has 3 N–H and O–H groups in total. The molecule has 0 bridgehead atoms. The van der Waals surface area contributed by atoms with Crippen LogP contribution in [0.2, 0.25) is 0 Å². The molecule has 0 saturated carbocycles. The molecule has 1 aromatic carbocycles. The second-order valence-corrected chi connectivity index (χ2v) is 5.91. The number of aryl methyl sites for hydroxylation is 2. The molecule has 5 heteroatoms. The zero-order valence-corrected chi connectivity index (χ0v) is 13.7. The minimum Gasteiger partial charge on any atom is -0.394 e. The molecule has 1 aromatic heterocycles. The van der Waals surface area contributed by atoms with E-state index in [1.807, 2.05) is 23.7 Å². The first-order valence-electron chi connectivity index (χ1n) is 6.87. The van der Waals surface area contributed by atoms with Gasteiger partial charge in [0.15, 0.2) is 0 Å². The van der Waals surface area contributed by atoms with E-state index in [1.54, 1.807) is 0 Å². The molecule has 1 heterocycles. The highest BCUT2D eigenvalue weighted by molar-refractivity contribution is 9.10. The molecular weight excluding hydrogens is 316 g/mol. The van der Waals surface area contributed by atoms with Crippen molar-refractivity contribution in [2.45, 2.75) is 39.8 Å². The van der Waals surface area contributed by atoms with Gasteiger partial charge >= 0.3 is 0 Å². The van der Waals surface area contributed by atoms with Crippen molar-refractivity contribution >= 4 is 27.4 Å². The van der Waals surface area contributed by atoms with Gasteiger partial charge in [-0.1, -0.05) is 35.0 Å². The number of hydrogen-bond donors (Lipinski definition) is 2. The van der Waals surface area contributed by atoms with Crippen LogP contribution in [-0.4, -0.2) is 9.78 Å². The fourth-order valence-corrected chi connectivity index (χ4v) is 2.60. The topological polar surface area (TPSA) is 55.9 Å². The van der Waals surface area contributed by atoms with Crippen LogP contribution in [0.25, 0.3) is 0 Å². The van der Waals surface area contributed by atoms with Gasteiger partial charge in [-0.2, -0.15) is 5.10 Å². The zero-order valence-electron chi connectivity index (χ0n) is 12.2. The summed E-state index contributed by atoms with van der Waals surface area (Å²) in [6, 6.07) is 8.44. The van der Waals surface area contributed by atoms with Crippen molar-refractivity contribution in [1.82, 2.24) is 9.78 Å². The molecule has 0 aliphatic heterocycles. The summed E-state index contributed by atoms with van der Waals surface area (Å²) in [5.74, 6) is 0.914. The van der Waals surface area contributed by atoms with Crippen LogP contribution in [0.4, 0.5) is 11.5 Å². The summed E-state index contributed by atoms with van der Waals surface area (Å²) in [5, 5.41) is 7.97. The third-order valence-corrected chi connectivity index (χ3v) is 3.80. The van der Waals surface area contributed by atoms with Gasteiger partial charge < -0.3 is 11.1 Å². The van der Waals surface area contributed by atoms with Gasteiger partial charge in [-0.25, -0.2) is 4.68 Å². The highest BCUT2D eigenvalue weighted by Gasteiger charge is 2.15. The van der Waals surface area contributed by atoms with Gasteiger partial charge in [-0.3, -0.25) is 0 Å². The number of halogens is 1. The van der Waals surface area contributed by atoms with Gasteiger partial charge in [-0.05, 0) is 38.0 Å². The Kier molecular flexibility index (Phi) is 4.70. The molecule has 4 nitrogen and oxygen atoms in total. The minimum atomic E-state index is 0.168. The van der Waals surface area contributed by atoms with E-state index < -0.39 is 0 Å².